The first-order valence-electron chi connectivity index (χ1n) is 7.71. The first kappa shape index (κ1) is 18.0. The van der Waals surface area contributed by atoms with E-state index in [1.54, 1.807) is 31.4 Å². The van der Waals surface area contributed by atoms with Crippen LogP contribution in [0.1, 0.15) is 18.6 Å². The lowest BCUT2D eigenvalue weighted by Gasteiger charge is -2.27. The minimum atomic E-state index is -0.755. The molecule has 0 aliphatic heterocycles. The largest absolute Gasteiger partial charge is 0.508 e. The predicted molar refractivity (Wildman–Crippen MR) is 99.5 cm³/mol. The summed E-state index contributed by atoms with van der Waals surface area (Å²) in [4.78, 5) is 1.86. The van der Waals surface area contributed by atoms with Crippen molar-refractivity contribution < 1.29 is 14.9 Å². The molecule has 6 heteroatoms. The number of nitrogens with one attached hydrogen (secondary N) is 1. The lowest BCUT2D eigenvalue weighted by Crippen LogP contribution is -2.37. The monoisotopic (exact) mass is 346 g/mol. The van der Waals surface area contributed by atoms with E-state index < -0.39 is 6.10 Å². The third kappa shape index (κ3) is 4.59. The Balaban J connectivity index is 2.06. The smallest absolute Gasteiger partial charge is 0.173 e. The lowest BCUT2D eigenvalue weighted by atomic mass is 10.1. The summed E-state index contributed by atoms with van der Waals surface area (Å²) in [5, 5.41) is 23.6. The molecule has 2 aromatic carbocycles. The van der Waals surface area contributed by atoms with Gasteiger partial charge in [0.05, 0.1) is 25.4 Å². The van der Waals surface area contributed by atoms with Gasteiger partial charge in [0.1, 0.15) is 11.5 Å². The normalized spacial score (nSPS) is 11.6. The van der Waals surface area contributed by atoms with Gasteiger partial charge >= 0.3 is 0 Å². The molecule has 0 spiro atoms. The molecule has 5 nitrogen and oxygen atoms in total. The zero-order valence-corrected chi connectivity index (χ0v) is 14.6. The van der Waals surface area contributed by atoms with E-state index in [9.17, 15) is 10.2 Å². The van der Waals surface area contributed by atoms with Gasteiger partial charge in [-0.2, -0.15) is 0 Å². The maximum Gasteiger partial charge on any atom is 0.173 e. The van der Waals surface area contributed by atoms with Gasteiger partial charge in [-0.05, 0) is 49.0 Å². The van der Waals surface area contributed by atoms with E-state index >= 15 is 0 Å². The van der Waals surface area contributed by atoms with Crippen molar-refractivity contribution in [2.75, 3.05) is 25.5 Å². The molecule has 0 radical (unpaired) electrons. The highest BCUT2D eigenvalue weighted by Gasteiger charge is 2.16. The van der Waals surface area contributed by atoms with Crippen molar-refractivity contribution >= 4 is 23.0 Å². The highest BCUT2D eigenvalue weighted by molar-refractivity contribution is 7.80. The third-order valence-corrected chi connectivity index (χ3v) is 4.03. The van der Waals surface area contributed by atoms with Crippen molar-refractivity contribution in [3.63, 3.8) is 0 Å². The summed E-state index contributed by atoms with van der Waals surface area (Å²) < 4.78 is 5.31. The molecule has 0 amide bonds. The number of anilines is 1. The Bertz CT molecular complexity index is 693. The van der Waals surface area contributed by atoms with Crippen LogP contribution in [0.25, 0.3) is 0 Å². The first-order chi connectivity index (χ1) is 11.5. The molecular formula is C18H22N2O3S. The first-order valence-corrected chi connectivity index (χ1v) is 8.12. The number of aliphatic hydroxyl groups is 1. The number of phenolic OH excluding ortho intramolecular Hbond substituents is 1. The second kappa shape index (κ2) is 8.52. The van der Waals surface area contributed by atoms with Crippen LogP contribution in [0.4, 0.5) is 5.69 Å². The molecular weight excluding hydrogens is 324 g/mol. The number of aromatic hydroxyl groups is 1. The van der Waals surface area contributed by atoms with Crippen molar-refractivity contribution in [2.24, 2.45) is 0 Å². The summed E-state index contributed by atoms with van der Waals surface area (Å²) in [5.41, 5.74) is 1.42. The van der Waals surface area contributed by atoms with Crippen LogP contribution < -0.4 is 10.1 Å². The van der Waals surface area contributed by atoms with Crippen LogP contribution in [0.5, 0.6) is 11.5 Å². The Morgan fingerprint density at radius 1 is 1.25 bits per heavy atom. The van der Waals surface area contributed by atoms with E-state index in [0.29, 0.717) is 29.5 Å². The van der Waals surface area contributed by atoms with Gasteiger partial charge in [-0.15, -0.1) is 0 Å². The van der Waals surface area contributed by atoms with Gasteiger partial charge in [0.15, 0.2) is 5.11 Å². The SMILES string of the molecule is CCN(CC(O)c1cccc(O)c1)C(=S)Nc1ccccc1OC. The number of hydrogen-bond donors (Lipinski definition) is 3. The van der Waals surface area contributed by atoms with Crippen LogP contribution in [-0.2, 0) is 0 Å². The zero-order valence-electron chi connectivity index (χ0n) is 13.8. The lowest BCUT2D eigenvalue weighted by molar-refractivity contribution is 0.146. The van der Waals surface area contributed by atoms with E-state index in [0.717, 1.165) is 5.69 Å². The van der Waals surface area contributed by atoms with E-state index in [2.05, 4.69) is 5.32 Å². The molecule has 0 saturated heterocycles. The summed E-state index contributed by atoms with van der Waals surface area (Å²) in [6.07, 6.45) is -0.755. The molecule has 0 fully saturated rings. The third-order valence-electron chi connectivity index (χ3n) is 3.67. The molecule has 0 bridgehead atoms. The number of benzene rings is 2. The highest BCUT2D eigenvalue weighted by atomic mass is 32.1. The molecule has 1 atom stereocenters. The number of hydrogen-bond acceptors (Lipinski definition) is 4. The van der Waals surface area contributed by atoms with Gasteiger partial charge in [0.2, 0.25) is 0 Å². The van der Waals surface area contributed by atoms with E-state index in [1.807, 2.05) is 36.1 Å². The second-order valence-electron chi connectivity index (χ2n) is 5.28. The number of nitrogens with zero attached hydrogens (tertiary/aromatic N) is 1. The molecule has 128 valence electrons. The van der Waals surface area contributed by atoms with Crippen molar-refractivity contribution in [3.8, 4) is 11.5 Å². The minimum absolute atomic E-state index is 0.129. The fraction of sp³-hybridized carbons (Fsp3) is 0.278. The van der Waals surface area contributed by atoms with Gasteiger partial charge in [0.25, 0.3) is 0 Å². The van der Waals surface area contributed by atoms with Crippen LogP contribution in [0.15, 0.2) is 48.5 Å². The summed E-state index contributed by atoms with van der Waals surface area (Å²) in [7, 11) is 1.60. The van der Waals surface area contributed by atoms with Gasteiger partial charge < -0.3 is 25.2 Å². The number of rotatable bonds is 6. The molecule has 0 aromatic heterocycles. The van der Waals surface area contributed by atoms with Crippen molar-refractivity contribution in [1.29, 1.82) is 0 Å². The summed E-state index contributed by atoms with van der Waals surface area (Å²) in [6.45, 7) is 2.92. The fourth-order valence-electron chi connectivity index (χ4n) is 2.34. The Morgan fingerprint density at radius 2 is 2.00 bits per heavy atom. The number of ether oxygens (including phenoxy) is 1. The van der Waals surface area contributed by atoms with E-state index in [1.165, 1.54) is 0 Å². The molecule has 1 unspecified atom stereocenters. The summed E-state index contributed by atoms with van der Waals surface area (Å²) in [6, 6.07) is 14.1. The molecule has 0 heterocycles. The van der Waals surface area contributed by atoms with Crippen molar-refractivity contribution in [3.05, 3.63) is 54.1 Å². The minimum Gasteiger partial charge on any atom is -0.508 e. The van der Waals surface area contributed by atoms with Gasteiger partial charge in [0, 0.05) is 6.54 Å². The molecule has 2 aromatic rings. The molecule has 0 aliphatic rings. The van der Waals surface area contributed by atoms with Crippen LogP contribution in [-0.4, -0.2) is 40.4 Å². The molecule has 0 aliphatic carbocycles. The number of methoxy groups -OCH3 is 1. The van der Waals surface area contributed by atoms with Gasteiger partial charge in [-0.1, -0.05) is 24.3 Å². The van der Waals surface area contributed by atoms with Crippen LogP contribution in [0, 0.1) is 0 Å². The highest BCUT2D eigenvalue weighted by Crippen LogP contribution is 2.24. The Hall–Kier alpha value is -2.31. The zero-order chi connectivity index (χ0) is 17.5. The van der Waals surface area contributed by atoms with Crippen molar-refractivity contribution in [1.82, 2.24) is 4.90 Å². The number of para-hydroxylation sites is 2. The number of aliphatic hydroxyl groups excluding tert-OH is 1. The second-order valence-corrected chi connectivity index (χ2v) is 5.67. The summed E-state index contributed by atoms with van der Waals surface area (Å²) >= 11 is 5.46. The Morgan fingerprint density at radius 3 is 2.67 bits per heavy atom. The Kier molecular flexibility index (Phi) is 6.40. The predicted octanol–water partition coefficient (Wildman–Crippen LogP) is 3.15. The fourth-order valence-corrected chi connectivity index (χ4v) is 2.66. The van der Waals surface area contributed by atoms with Crippen LogP contribution in [0.3, 0.4) is 0 Å². The van der Waals surface area contributed by atoms with Crippen LogP contribution in [0.2, 0.25) is 0 Å². The van der Waals surface area contributed by atoms with E-state index in [-0.39, 0.29) is 5.75 Å². The average molecular weight is 346 g/mol. The maximum atomic E-state index is 10.4. The standard InChI is InChI=1S/C18H22N2O3S/c1-3-20(12-16(22)13-7-6-8-14(21)11-13)18(24)19-15-9-4-5-10-17(15)23-2/h4-11,16,21-22H,3,12H2,1-2H3,(H,19,24). The molecule has 2 rings (SSSR count). The molecule has 0 saturated carbocycles. The number of phenols is 1. The maximum absolute atomic E-state index is 10.4. The number of likely N-dealkylation sites (N-methyl/N-ethyl adjacent to an activating group) is 1. The van der Waals surface area contributed by atoms with Gasteiger partial charge in [-0.3, -0.25) is 0 Å². The molecule has 3 N–H and O–H groups in total. The topological polar surface area (TPSA) is 65.0 Å². The average Bonchev–Trinajstić information content (AvgIpc) is 2.59. The van der Waals surface area contributed by atoms with E-state index in [4.69, 9.17) is 17.0 Å². The number of thiocarbonyl (C=S) groups is 1. The quantitative estimate of drug-likeness (QED) is 0.699. The summed E-state index contributed by atoms with van der Waals surface area (Å²) in [5.74, 6) is 0.828. The molecule has 24 heavy (non-hydrogen) atoms. The van der Waals surface area contributed by atoms with Crippen LogP contribution >= 0.6 is 12.2 Å². The van der Waals surface area contributed by atoms with Gasteiger partial charge in [-0.25, -0.2) is 0 Å². The Labute approximate surface area is 147 Å². The van der Waals surface area contributed by atoms with Crippen molar-refractivity contribution in [2.45, 2.75) is 13.0 Å².